The fraction of sp³-hybridized carbons (Fsp3) is 0.353. The van der Waals surface area contributed by atoms with E-state index in [0.717, 1.165) is 31.5 Å². The number of carboxylic acids is 1. The molecule has 0 saturated carbocycles. The van der Waals surface area contributed by atoms with Crippen molar-refractivity contribution >= 4 is 11.9 Å². The van der Waals surface area contributed by atoms with Gasteiger partial charge in [0, 0.05) is 6.54 Å². The molecule has 24 heavy (non-hydrogen) atoms. The lowest BCUT2D eigenvalue weighted by atomic mass is 10.0. The summed E-state index contributed by atoms with van der Waals surface area (Å²) < 4.78 is 15.2. The number of aliphatic carboxylic acids is 1. The number of rotatable bonds is 4. The molecule has 1 aromatic carbocycles. The Morgan fingerprint density at radius 2 is 2.17 bits per heavy atom. The van der Waals surface area contributed by atoms with Crippen molar-refractivity contribution in [3.05, 3.63) is 52.6 Å². The zero-order valence-corrected chi connectivity index (χ0v) is 13.3. The fourth-order valence-electron chi connectivity index (χ4n) is 2.95. The first-order chi connectivity index (χ1) is 11.5. The predicted molar refractivity (Wildman–Crippen MR) is 84.1 cm³/mol. The summed E-state index contributed by atoms with van der Waals surface area (Å²) in [7, 11) is 0. The number of aromatic nitrogens is 2. The standard InChI is InChI=1S/C17H18FN3O3/c1-10-8-11(5-6-13(10)18)15(17(23)24)20-16(22)12-9-19-21-7-3-2-4-14(12)21/h5-6,8-9,15H,2-4,7H2,1H3,(H,20,22)(H,23,24). The van der Waals surface area contributed by atoms with E-state index in [-0.39, 0.29) is 0 Å². The van der Waals surface area contributed by atoms with E-state index in [1.165, 1.54) is 24.4 Å². The Morgan fingerprint density at radius 3 is 2.88 bits per heavy atom. The minimum Gasteiger partial charge on any atom is -0.479 e. The molecule has 6 nitrogen and oxygen atoms in total. The topological polar surface area (TPSA) is 84.2 Å². The second-order valence-corrected chi connectivity index (χ2v) is 5.94. The molecule has 3 rings (SSSR count). The molecule has 0 saturated heterocycles. The smallest absolute Gasteiger partial charge is 0.330 e. The van der Waals surface area contributed by atoms with Crippen LogP contribution in [0, 0.1) is 12.7 Å². The minimum atomic E-state index is -1.24. The van der Waals surface area contributed by atoms with Gasteiger partial charge in [-0.15, -0.1) is 0 Å². The molecule has 0 spiro atoms. The predicted octanol–water partition coefficient (Wildman–Crippen LogP) is 2.22. The Labute approximate surface area is 138 Å². The highest BCUT2D eigenvalue weighted by atomic mass is 19.1. The van der Waals surface area contributed by atoms with Gasteiger partial charge >= 0.3 is 5.97 Å². The molecule has 0 fully saturated rings. The van der Waals surface area contributed by atoms with Gasteiger partial charge in [0.25, 0.3) is 5.91 Å². The summed E-state index contributed by atoms with van der Waals surface area (Å²) in [5.74, 6) is -2.09. The number of nitrogens with one attached hydrogen (secondary N) is 1. The van der Waals surface area contributed by atoms with Gasteiger partial charge in [-0.25, -0.2) is 9.18 Å². The van der Waals surface area contributed by atoms with Gasteiger partial charge in [0.2, 0.25) is 0 Å². The molecule has 0 bridgehead atoms. The van der Waals surface area contributed by atoms with Gasteiger partial charge in [-0.1, -0.05) is 12.1 Å². The van der Waals surface area contributed by atoms with Crippen LogP contribution in [0.2, 0.25) is 0 Å². The second kappa shape index (κ2) is 6.43. The molecule has 1 unspecified atom stereocenters. The Kier molecular flexibility index (Phi) is 4.33. The van der Waals surface area contributed by atoms with E-state index < -0.39 is 23.7 Å². The van der Waals surface area contributed by atoms with E-state index in [1.807, 2.05) is 0 Å². The second-order valence-electron chi connectivity index (χ2n) is 5.94. The van der Waals surface area contributed by atoms with Crippen molar-refractivity contribution in [1.82, 2.24) is 15.1 Å². The maximum Gasteiger partial charge on any atom is 0.330 e. The van der Waals surface area contributed by atoms with Crippen LogP contribution in [0.25, 0.3) is 0 Å². The van der Waals surface area contributed by atoms with Crippen molar-refractivity contribution in [2.75, 3.05) is 0 Å². The molecule has 2 heterocycles. The lowest BCUT2D eigenvalue weighted by Gasteiger charge is -2.17. The van der Waals surface area contributed by atoms with Gasteiger partial charge < -0.3 is 10.4 Å². The molecule has 7 heteroatoms. The zero-order valence-electron chi connectivity index (χ0n) is 13.3. The van der Waals surface area contributed by atoms with E-state index in [4.69, 9.17) is 0 Å². The van der Waals surface area contributed by atoms with Crippen molar-refractivity contribution in [3.63, 3.8) is 0 Å². The van der Waals surface area contributed by atoms with Crippen molar-refractivity contribution < 1.29 is 19.1 Å². The molecular weight excluding hydrogens is 313 g/mol. The summed E-state index contributed by atoms with van der Waals surface area (Å²) in [5.41, 5.74) is 1.89. The fourth-order valence-corrected chi connectivity index (χ4v) is 2.95. The third kappa shape index (κ3) is 3.02. The number of fused-ring (bicyclic) bond motifs is 1. The summed E-state index contributed by atoms with van der Waals surface area (Å²) in [6, 6.07) is 2.77. The van der Waals surface area contributed by atoms with Gasteiger partial charge in [0.15, 0.2) is 6.04 Å². The Hall–Kier alpha value is -2.70. The molecule has 0 aliphatic carbocycles. The number of benzene rings is 1. The highest BCUT2D eigenvalue weighted by Crippen LogP contribution is 2.21. The van der Waals surface area contributed by atoms with Gasteiger partial charge in [-0.05, 0) is 43.4 Å². The molecule has 126 valence electrons. The van der Waals surface area contributed by atoms with Crippen LogP contribution in [0.4, 0.5) is 4.39 Å². The highest BCUT2D eigenvalue weighted by molar-refractivity contribution is 5.97. The number of carbonyl (C=O) groups excluding carboxylic acids is 1. The Bertz CT molecular complexity index is 800. The molecular formula is C17H18FN3O3. The lowest BCUT2D eigenvalue weighted by molar-refractivity contribution is -0.139. The average molecular weight is 331 g/mol. The average Bonchev–Trinajstić information content (AvgIpc) is 2.99. The van der Waals surface area contributed by atoms with Crippen LogP contribution in [-0.2, 0) is 17.8 Å². The van der Waals surface area contributed by atoms with Gasteiger partial charge in [-0.3, -0.25) is 9.48 Å². The van der Waals surface area contributed by atoms with Crippen molar-refractivity contribution in [1.29, 1.82) is 0 Å². The molecule has 2 aromatic rings. The number of amides is 1. The summed E-state index contributed by atoms with van der Waals surface area (Å²) in [6.45, 7) is 2.32. The van der Waals surface area contributed by atoms with Gasteiger partial charge in [0.05, 0.1) is 17.5 Å². The Morgan fingerprint density at radius 1 is 1.38 bits per heavy atom. The van der Waals surface area contributed by atoms with E-state index in [2.05, 4.69) is 10.4 Å². The first-order valence-electron chi connectivity index (χ1n) is 7.82. The number of halogens is 1. The molecule has 1 atom stereocenters. The van der Waals surface area contributed by atoms with E-state index in [1.54, 1.807) is 11.6 Å². The Balaban J connectivity index is 1.86. The van der Waals surface area contributed by atoms with E-state index in [0.29, 0.717) is 16.7 Å². The summed E-state index contributed by atoms with van der Waals surface area (Å²) in [6.07, 6.45) is 4.22. The number of aryl methyl sites for hydroxylation is 2. The molecule has 1 amide bonds. The lowest BCUT2D eigenvalue weighted by Crippen LogP contribution is -2.34. The highest BCUT2D eigenvalue weighted by Gasteiger charge is 2.26. The van der Waals surface area contributed by atoms with Crippen molar-refractivity contribution in [3.8, 4) is 0 Å². The van der Waals surface area contributed by atoms with Gasteiger partial charge in [0.1, 0.15) is 5.82 Å². The van der Waals surface area contributed by atoms with E-state index in [9.17, 15) is 19.1 Å². The van der Waals surface area contributed by atoms with Crippen LogP contribution < -0.4 is 5.32 Å². The monoisotopic (exact) mass is 331 g/mol. The SMILES string of the molecule is Cc1cc(C(NC(=O)c2cnn3c2CCCC3)C(=O)O)ccc1F. The minimum absolute atomic E-state index is 0.329. The first-order valence-corrected chi connectivity index (χ1v) is 7.82. The van der Waals surface area contributed by atoms with Crippen LogP contribution in [0.5, 0.6) is 0 Å². The van der Waals surface area contributed by atoms with Crippen LogP contribution in [0.3, 0.4) is 0 Å². The largest absolute Gasteiger partial charge is 0.479 e. The molecule has 2 N–H and O–H groups in total. The molecule has 1 aliphatic rings. The maximum atomic E-state index is 13.4. The molecule has 0 radical (unpaired) electrons. The number of carboxylic acid groups (broad SMARTS) is 1. The van der Waals surface area contributed by atoms with Crippen LogP contribution in [0.15, 0.2) is 24.4 Å². The third-order valence-corrected chi connectivity index (χ3v) is 4.26. The number of carbonyl (C=O) groups is 2. The van der Waals surface area contributed by atoms with Crippen molar-refractivity contribution in [2.45, 2.75) is 38.8 Å². The normalized spacial score (nSPS) is 14.8. The molecule has 1 aliphatic heterocycles. The number of nitrogens with zero attached hydrogens (tertiary/aromatic N) is 2. The summed E-state index contributed by atoms with van der Waals surface area (Å²) >= 11 is 0. The summed E-state index contributed by atoms with van der Waals surface area (Å²) in [4.78, 5) is 24.1. The van der Waals surface area contributed by atoms with Crippen molar-refractivity contribution in [2.24, 2.45) is 0 Å². The maximum absolute atomic E-state index is 13.4. The summed E-state index contributed by atoms with van der Waals surface area (Å²) in [5, 5.41) is 16.1. The van der Waals surface area contributed by atoms with Gasteiger partial charge in [-0.2, -0.15) is 5.10 Å². The van der Waals surface area contributed by atoms with Crippen LogP contribution in [-0.4, -0.2) is 26.8 Å². The number of hydrogen-bond acceptors (Lipinski definition) is 3. The van der Waals surface area contributed by atoms with E-state index >= 15 is 0 Å². The number of hydrogen-bond donors (Lipinski definition) is 2. The quantitative estimate of drug-likeness (QED) is 0.900. The zero-order chi connectivity index (χ0) is 17.3. The van der Waals surface area contributed by atoms with Crippen LogP contribution >= 0.6 is 0 Å². The first kappa shape index (κ1) is 16.2. The van der Waals surface area contributed by atoms with Crippen LogP contribution in [0.1, 0.15) is 46.1 Å². The third-order valence-electron chi connectivity index (χ3n) is 4.26. The molecule has 1 aromatic heterocycles.